The Kier molecular flexibility index (Phi) is 7.83. The summed E-state index contributed by atoms with van der Waals surface area (Å²) in [4.78, 5) is 9.06. The number of aliphatic imine (C=N–C) groups is 1. The van der Waals surface area contributed by atoms with E-state index < -0.39 is 0 Å². The standard InChI is InChI=1S/C17H23ClN6.HI/c1-19-17(20-7-9-24-8-3-6-21-24)23-12-10-22(11-13-23)16-5-2-4-15(18)14-16;/h2-6,8,14H,7,9-13H2,1H3,(H,19,20);1H. The molecule has 1 aromatic carbocycles. The number of nitrogens with zero attached hydrogens (tertiary/aromatic N) is 5. The van der Waals surface area contributed by atoms with Crippen LogP contribution in [-0.4, -0.2) is 60.4 Å². The Bertz CT molecular complexity index is 668. The minimum atomic E-state index is 0. The Morgan fingerprint density at radius 2 is 2.04 bits per heavy atom. The molecule has 0 spiro atoms. The number of aromatic nitrogens is 2. The number of hydrogen-bond donors (Lipinski definition) is 1. The fourth-order valence-corrected chi connectivity index (χ4v) is 3.08. The number of benzene rings is 1. The van der Waals surface area contributed by atoms with Crippen LogP contribution in [0.3, 0.4) is 0 Å². The lowest BCUT2D eigenvalue weighted by atomic mass is 10.2. The van der Waals surface area contributed by atoms with Gasteiger partial charge in [0.1, 0.15) is 0 Å². The van der Waals surface area contributed by atoms with Crippen LogP contribution in [0.25, 0.3) is 0 Å². The van der Waals surface area contributed by atoms with Crippen LogP contribution in [0.2, 0.25) is 5.02 Å². The van der Waals surface area contributed by atoms with Crippen molar-refractivity contribution in [3.8, 4) is 0 Å². The van der Waals surface area contributed by atoms with E-state index in [1.807, 2.05) is 42.2 Å². The zero-order chi connectivity index (χ0) is 16.8. The number of guanidine groups is 1. The van der Waals surface area contributed by atoms with E-state index in [9.17, 15) is 0 Å². The molecule has 0 amide bonds. The second-order valence-corrected chi connectivity index (χ2v) is 6.13. The van der Waals surface area contributed by atoms with Gasteiger partial charge in [-0.1, -0.05) is 17.7 Å². The zero-order valence-corrected chi connectivity index (χ0v) is 17.4. The number of nitrogens with one attached hydrogen (secondary N) is 1. The van der Waals surface area contributed by atoms with E-state index in [0.29, 0.717) is 0 Å². The Balaban J connectivity index is 0.00000225. The second-order valence-electron chi connectivity index (χ2n) is 5.70. The van der Waals surface area contributed by atoms with Crippen molar-refractivity contribution in [2.45, 2.75) is 6.54 Å². The summed E-state index contributed by atoms with van der Waals surface area (Å²) in [5.74, 6) is 0.952. The van der Waals surface area contributed by atoms with Crippen molar-refractivity contribution in [1.29, 1.82) is 0 Å². The molecule has 0 atom stereocenters. The highest BCUT2D eigenvalue weighted by Crippen LogP contribution is 2.20. The molecule has 2 aromatic rings. The smallest absolute Gasteiger partial charge is 0.193 e. The van der Waals surface area contributed by atoms with Gasteiger partial charge in [0.2, 0.25) is 0 Å². The van der Waals surface area contributed by atoms with Crippen LogP contribution in [0.15, 0.2) is 47.7 Å². The molecule has 2 heterocycles. The molecule has 8 heteroatoms. The van der Waals surface area contributed by atoms with Gasteiger partial charge >= 0.3 is 0 Å². The van der Waals surface area contributed by atoms with Crippen LogP contribution in [0.5, 0.6) is 0 Å². The van der Waals surface area contributed by atoms with Crippen molar-refractivity contribution < 1.29 is 0 Å². The van der Waals surface area contributed by atoms with Gasteiger partial charge in [-0.2, -0.15) is 5.10 Å². The molecule has 0 unspecified atom stereocenters. The van der Waals surface area contributed by atoms with E-state index in [0.717, 1.165) is 50.3 Å². The first-order chi connectivity index (χ1) is 11.8. The largest absolute Gasteiger partial charge is 0.368 e. The second kappa shape index (κ2) is 9.86. The molecular formula is C17H24ClIN6. The molecule has 1 saturated heterocycles. The van der Waals surface area contributed by atoms with Crippen molar-refractivity contribution in [3.05, 3.63) is 47.7 Å². The van der Waals surface area contributed by atoms with E-state index in [4.69, 9.17) is 11.6 Å². The topological polar surface area (TPSA) is 48.7 Å². The fraction of sp³-hybridized carbons (Fsp3) is 0.412. The Morgan fingerprint density at radius 1 is 1.24 bits per heavy atom. The summed E-state index contributed by atoms with van der Waals surface area (Å²) >= 11 is 6.09. The third-order valence-electron chi connectivity index (χ3n) is 4.15. The molecular weight excluding hydrogens is 451 g/mol. The quantitative estimate of drug-likeness (QED) is 0.420. The summed E-state index contributed by atoms with van der Waals surface area (Å²) in [6.45, 7) is 5.43. The molecule has 1 fully saturated rings. The molecule has 1 N–H and O–H groups in total. The molecule has 25 heavy (non-hydrogen) atoms. The predicted octanol–water partition coefficient (Wildman–Crippen LogP) is 2.55. The molecule has 0 radical (unpaired) electrons. The summed E-state index contributed by atoms with van der Waals surface area (Å²) in [5, 5.41) is 8.41. The number of halogens is 2. The third-order valence-corrected chi connectivity index (χ3v) is 4.38. The van der Waals surface area contributed by atoms with Crippen molar-refractivity contribution in [3.63, 3.8) is 0 Å². The normalized spacial score (nSPS) is 15.0. The van der Waals surface area contributed by atoms with Gasteiger partial charge in [0.15, 0.2) is 5.96 Å². The molecule has 6 nitrogen and oxygen atoms in total. The monoisotopic (exact) mass is 474 g/mol. The Morgan fingerprint density at radius 3 is 2.68 bits per heavy atom. The Hall–Kier alpha value is -1.48. The lowest BCUT2D eigenvalue weighted by Gasteiger charge is -2.37. The molecule has 0 bridgehead atoms. The molecule has 1 aromatic heterocycles. The minimum Gasteiger partial charge on any atom is -0.368 e. The van der Waals surface area contributed by atoms with Gasteiger partial charge in [-0.3, -0.25) is 9.67 Å². The highest BCUT2D eigenvalue weighted by atomic mass is 127. The lowest BCUT2D eigenvalue weighted by molar-refractivity contribution is 0.371. The summed E-state index contributed by atoms with van der Waals surface area (Å²) in [6.07, 6.45) is 3.76. The third kappa shape index (κ3) is 5.50. The van der Waals surface area contributed by atoms with Crippen LogP contribution < -0.4 is 10.2 Å². The van der Waals surface area contributed by atoms with Crippen molar-refractivity contribution in [2.24, 2.45) is 4.99 Å². The predicted molar refractivity (Wildman–Crippen MR) is 114 cm³/mol. The van der Waals surface area contributed by atoms with E-state index >= 15 is 0 Å². The fourth-order valence-electron chi connectivity index (χ4n) is 2.90. The van der Waals surface area contributed by atoms with Gasteiger partial charge in [-0.05, 0) is 24.3 Å². The van der Waals surface area contributed by atoms with E-state index in [1.165, 1.54) is 5.69 Å². The minimum absolute atomic E-state index is 0. The van der Waals surface area contributed by atoms with Gasteiger partial charge in [-0.25, -0.2) is 0 Å². The maximum atomic E-state index is 6.09. The number of rotatable bonds is 4. The van der Waals surface area contributed by atoms with Gasteiger partial charge in [0.25, 0.3) is 0 Å². The maximum Gasteiger partial charge on any atom is 0.193 e. The van der Waals surface area contributed by atoms with E-state index in [1.54, 1.807) is 6.20 Å². The van der Waals surface area contributed by atoms with Gasteiger partial charge in [0.05, 0.1) is 6.54 Å². The highest BCUT2D eigenvalue weighted by molar-refractivity contribution is 14.0. The maximum absolute atomic E-state index is 6.09. The number of anilines is 1. The lowest BCUT2D eigenvalue weighted by Crippen LogP contribution is -2.52. The Labute approximate surface area is 170 Å². The van der Waals surface area contributed by atoms with Crippen molar-refractivity contribution in [2.75, 3.05) is 44.7 Å². The average molecular weight is 475 g/mol. The van der Waals surface area contributed by atoms with Crippen LogP contribution in [0.4, 0.5) is 5.69 Å². The van der Waals surface area contributed by atoms with Crippen LogP contribution >= 0.6 is 35.6 Å². The van der Waals surface area contributed by atoms with Gasteiger partial charge < -0.3 is 15.1 Å². The van der Waals surface area contributed by atoms with E-state index in [2.05, 4.69) is 31.3 Å². The molecule has 1 aliphatic rings. The van der Waals surface area contributed by atoms with Crippen LogP contribution in [-0.2, 0) is 6.54 Å². The number of hydrogen-bond acceptors (Lipinski definition) is 3. The first kappa shape index (κ1) is 19.8. The summed E-state index contributed by atoms with van der Waals surface area (Å²) < 4.78 is 1.91. The average Bonchev–Trinajstić information content (AvgIpc) is 3.12. The molecule has 1 aliphatic heterocycles. The van der Waals surface area contributed by atoms with Crippen LogP contribution in [0.1, 0.15) is 0 Å². The van der Waals surface area contributed by atoms with Gasteiger partial charge in [0, 0.05) is 62.9 Å². The van der Waals surface area contributed by atoms with Crippen molar-refractivity contribution >= 4 is 47.2 Å². The summed E-state index contributed by atoms with van der Waals surface area (Å²) in [5.41, 5.74) is 1.18. The molecule has 136 valence electrons. The van der Waals surface area contributed by atoms with Crippen LogP contribution in [0, 0.1) is 0 Å². The molecule has 0 aliphatic carbocycles. The SMILES string of the molecule is CN=C(NCCn1cccn1)N1CCN(c2cccc(Cl)c2)CC1.I. The number of piperazine rings is 1. The first-order valence-electron chi connectivity index (χ1n) is 8.20. The summed E-state index contributed by atoms with van der Waals surface area (Å²) in [6, 6.07) is 9.98. The molecule has 3 rings (SSSR count). The summed E-state index contributed by atoms with van der Waals surface area (Å²) in [7, 11) is 1.83. The van der Waals surface area contributed by atoms with E-state index in [-0.39, 0.29) is 24.0 Å². The molecule has 0 saturated carbocycles. The van der Waals surface area contributed by atoms with Gasteiger partial charge in [-0.15, -0.1) is 24.0 Å². The first-order valence-corrected chi connectivity index (χ1v) is 8.57. The van der Waals surface area contributed by atoms with Crippen molar-refractivity contribution in [1.82, 2.24) is 20.0 Å². The highest BCUT2D eigenvalue weighted by Gasteiger charge is 2.19. The zero-order valence-electron chi connectivity index (χ0n) is 14.3.